The molecule has 3 heteroatoms. The Hall–Kier alpha value is -0.380. The predicted octanol–water partition coefficient (Wildman–Crippen LogP) is 3.89. The first kappa shape index (κ1) is 16.7. The van der Waals surface area contributed by atoms with Crippen LogP contribution in [0.15, 0.2) is 28.7 Å². The molecule has 0 fully saturated rings. The fourth-order valence-electron chi connectivity index (χ4n) is 2.29. The van der Waals surface area contributed by atoms with Crippen LogP contribution in [-0.2, 0) is 11.2 Å². The summed E-state index contributed by atoms with van der Waals surface area (Å²) in [6.07, 6.45) is 2.23. The third-order valence-corrected chi connectivity index (χ3v) is 4.45. The molecular formula is C16H26BrNO. The minimum absolute atomic E-state index is 0.647. The Kier molecular flexibility index (Phi) is 8.35. The van der Waals surface area contributed by atoms with Crippen molar-refractivity contribution in [2.24, 2.45) is 11.8 Å². The Labute approximate surface area is 126 Å². The quantitative estimate of drug-likeness (QED) is 0.742. The number of nitrogens with one attached hydrogen (secondary N) is 1. The van der Waals surface area contributed by atoms with Gasteiger partial charge in [0.2, 0.25) is 0 Å². The van der Waals surface area contributed by atoms with E-state index in [2.05, 4.69) is 59.4 Å². The minimum atomic E-state index is 0.647. The van der Waals surface area contributed by atoms with Gasteiger partial charge in [0, 0.05) is 18.2 Å². The maximum atomic E-state index is 5.21. The first-order chi connectivity index (χ1) is 9.19. The van der Waals surface area contributed by atoms with E-state index in [0.29, 0.717) is 11.8 Å². The van der Waals surface area contributed by atoms with Crippen molar-refractivity contribution in [1.29, 1.82) is 0 Å². The summed E-state index contributed by atoms with van der Waals surface area (Å²) < 4.78 is 6.43. The summed E-state index contributed by atoms with van der Waals surface area (Å²) >= 11 is 3.65. The molecule has 0 radical (unpaired) electrons. The van der Waals surface area contributed by atoms with Gasteiger partial charge in [-0.3, -0.25) is 0 Å². The van der Waals surface area contributed by atoms with E-state index in [1.54, 1.807) is 7.11 Å². The van der Waals surface area contributed by atoms with Gasteiger partial charge in [0.25, 0.3) is 0 Å². The molecule has 1 aromatic carbocycles. The number of hydrogen-bond donors (Lipinski definition) is 1. The second-order valence-electron chi connectivity index (χ2n) is 5.12. The van der Waals surface area contributed by atoms with E-state index in [9.17, 15) is 0 Å². The van der Waals surface area contributed by atoms with E-state index in [0.717, 1.165) is 32.5 Å². The van der Waals surface area contributed by atoms with Gasteiger partial charge >= 0.3 is 0 Å². The molecular weight excluding hydrogens is 302 g/mol. The highest BCUT2D eigenvalue weighted by Crippen LogP contribution is 2.24. The first-order valence-corrected chi connectivity index (χ1v) is 7.91. The monoisotopic (exact) mass is 327 g/mol. The van der Waals surface area contributed by atoms with Crippen LogP contribution < -0.4 is 5.32 Å². The van der Waals surface area contributed by atoms with Crippen molar-refractivity contribution in [3.05, 3.63) is 34.3 Å². The molecule has 108 valence electrons. The molecule has 0 amide bonds. The highest BCUT2D eigenvalue weighted by atomic mass is 79.9. The summed E-state index contributed by atoms with van der Waals surface area (Å²) in [6, 6.07) is 8.52. The largest absolute Gasteiger partial charge is 0.385 e. The second kappa shape index (κ2) is 9.51. The standard InChI is InChI=1S/C16H26BrNO/c1-4-18-12-15(13(2)9-10-19-3)11-14-7-5-6-8-16(14)17/h5-8,13,15,18H,4,9-12H2,1-3H3. The molecule has 0 aromatic heterocycles. The number of rotatable bonds is 9. The molecule has 0 saturated carbocycles. The van der Waals surface area contributed by atoms with E-state index in [1.807, 2.05) is 0 Å². The maximum absolute atomic E-state index is 5.21. The lowest BCUT2D eigenvalue weighted by molar-refractivity contribution is 0.164. The van der Waals surface area contributed by atoms with Crippen molar-refractivity contribution in [3.63, 3.8) is 0 Å². The van der Waals surface area contributed by atoms with Gasteiger partial charge in [-0.1, -0.05) is 48.0 Å². The van der Waals surface area contributed by atoms with Crippen molar-refractivity contribution >= 4 is 15.9 Å². The molecule has 2 atom stereocenters. The lowest BCUT2D eigenvalue weighted by Crippen LogP contribution is -2.29. The third-order valence-electron chi connectivity index (χ3n) is 3.68. The first-order valence-electron chi connectivity index (χ1n) is 7.12. The van der Waals surface area contributed by atoms with Gasteiger partial charge in [-0.05, 0) is 49.4 Å². The SMILES string of the molecule is CCNCC(Cc1ccccc1Br)C(C)CCOC. The lowest BCUT2D eigenvalue weighted by Gasteiger charge is -2.25. The zero-order chi connectivity index (χ0) is 14.1. The van der Waals surface area contributed by atoms with Crippen molar-refractivity contribution in [2.45, 2.75) is 26.7 Å². The van der Waals surface area contributed by atoms with Crippen LogP contribution in [0.2, 0.25) is 0 Å². The van der Waals surface area contributed by atoms with Crippen LogP contribution in [0.4, 0.5) is 0 Å². The fraction of sp³-hybridized carbons (Fsp3) is 0.625. The van der Waals surface area contributed by atoms with E-state index in [-0.39, 0.29) is 0 Å². The predicted molar refractivity (Wildman–Crippen MR) is 85.5 cm³/mol. The Morgan fingerprint density at radius 2 is 2.05 bits per heavy atom. The molecule has 0 heterocycles. The topological polar surface area (TPSA) is 21.3 Å². The Bertz CT molecular complexity index is 356. The summed E-state index contributed by atoms with van der Waals surface area (Å²) in [5, 5.41) is 3.49. The average molecular weight is 328 g/mol. The van der Waals surface area contributed by atoms with Crippen LogP contribution >= 0.6 is 15.9 Å². The summed E-state index contributed by atoms with van der Waals surface area (Å²) in [6.45, 7) is 7.44. The summed E-state index contributed by atoms with van der Waals surface area (Å²) in [5.74, 6) is 1.31. The van der Waals surface area contributed by atoms with Crippen LogP contribution in [0.1, 0.15) is 25.8 Å². The summed E-state index contributed by atoms with van der Waals surface area (Å²) in [5.41, 5.74) is 1.40. The van der Waals surface area contributed by atoms with Crippen molar-refractivity contribution in [1.82, 2.24) is 5.32 Å². The molecule has 0 spiro atoms. The smallest absolute Gasteiger partial charge is 0.0464 e. The van der Waals surface area contributed by atoms with Crippen LogP contribution in [0.3, 0.4) is 0 Å². The Morgan fingerprint density at radius 1 is 1.32 bits per heavy atom. The van der Waals surface area contributed by atoms with E-state index >= 15 is 0 Å². The number of methoxy groups -OCH3 is 1. The minimum Gasteiger partial charge on any atom is -0.385 e. The van der Waals surface area contributed by atoms with Gasteiger partial charge in [-0.15, -0.1) is 0 Å². The van der Waals surface area contributed by atoms with Crippen molar-refractivity contribution in [3.8, 4) is 0 Å². The van der Waals surface area contributed by atoms with E-state index in [4.69, 9.17) is 4.74 Å². The zero-order valence-electron chi connectivity index (χ0n) is 12.3. The zero-order valence-corrected chi connectivity index (χ0v) is 13.9. The normalized spacial score (nSPS) is 14.3. The maximum Gasteiger partial charge on any atom is 0.0464 e. The van der Waals surface area contributed by atoms with E-state index in [1.165, 1.54) is 10.0 Å². The van der Waals surface area contributed by atoms with Gasteiger partial charge < -0.3 is 10.1 Å². The fourth-order valence-corrected chi connectivity index (χ4v) is 2.74. The lowest BCUT2D eigenvalue weighted by atomic mass is 9.86. The van der Waals surface area contributed by atoms with Crippen LogP contribution in [0.5, 0.6) is 0 Å². The molecule has 19 heavy (non-hydrogen) atoms. The molecule has 0 saturated heterocycles. The van der Waals surface area contributed by atoms with Gasteiger partial charge in [0.05, 0.1) is 0 Å². The molecule has 2 nitrogen and oxygen atoms in total. The van der Waals surface area contributed by atoms with Gasteiger partial charge in [-0.2, -0.15) is 0 Å². The summed E-state index contributed by atoms with van der Waals surface area (Å²) in [7, 11) is 1.78. The van der Waals surface area contributed by atoms with Crippen LogP contribution in [-0.4, -0.2) is 26.8 Å². The highest BCUT2D eigenvalue weighted by molar-refractivity contribution is 9.10. The number of hydrogen-bond acceptors (Lipinski definition) is 2. The highest BCUT2D eigenvalue weighted by Gasteiger charge is 2.18. The van der Waals surface area contributed by atoms with Crippen LogP contribution in [0.25, 0.3) is 0 Å². The van der Waals surface area contributed by atoms with Crippen molar-refractivity contribution < 1.29 is 4.74 Å². The molecule has 0 bridgehead atoms. The van der Waals surface area contributed by atoms with Crippen molar-refractivity contribution in [2.75, 3.05) is 26.8 Å². The summed E-state index contributed by atoms with van der Waals surface area (Å²) in [4.78, 5) is 0. The molecule has 0 aliphatic heterocycles. The van der Waals surface area contributed by atoms with E-state index < -0.39 is 0 Å². The molecule has 1 rings (SSSR count). The Balaban J connectivity index is 2.65. The number of halogens is 1. The molecule has 0 aliphatic carbocycles. The van der Waals surface area contributed by atoms with Crippen LogP contribution in [0, 0.1) is 11.8 Å². The second-order valence-corrected chi connectivity index (χ2v) is 5.98. The average Bonchev–Trinajstić information content (AvgIpc) is 2.42. The van der Waals surface area contributed by atoms with Gasteiger partial charge in [-0.25, -0.2) is 0 Å². The van der Waals surface area contributed by atoms with Gasteiger partial charge in [0.1, 0.15) is 0 Å². The van der Waals surface area contributed by atoms with Gasteiger partial charge in [0.15, 0.2) is 0 Å². The molecule has 1 N–H and O–H groups in total. The molecule has 0 aliphatic rings. The Morgan fingerprint density at radius 3 is 2.68 bits per heavy atom. The molecule has 2 unspecified atom stereocenters. The number of ether oxygens (including phenoxy) is 1. The molecule has 1 aromatic rings. The third kappa shape index (κ3) is 6.07. The number of benzene rings is 1.